The Bertz CT molecular complexity index is 1200. The highest BCUT2D eigenvalue weighted by Gasteiger charge is 2.11. The molecule has 0 aliphatic carbocycles. The van der Waals surface area contributed by atoms with Crippen LogP contribution < -0.4 is 30.7 Å². The van der Waals surface area contributed by atoms with Crippen molar-refractivity contribution in [2.45, 2.75) is 0 Å². The number of nitrogens with two attached hydrogens (primary N) is 1. The van der Waals surface area contributed by atoms with Crippen LogP contribution in [0.1, 0.15) is 15.9 Å². The Morgan fingerprint density at radius 1 is 0.971 bits per heavy atom. The van der Waals surface area contributed by atoms with E-state index in [4.69, 9.17) is 31.5 Å². The molecule has 34 heavy (non-hydrogen) atoms. The number of hydrogen-bond acceptors (Lipinski definition) is 7. The number of anilines is 2. The summed E-state index contributed by atoms with van der Waals surface area (Å²) < 4.78 is 16.2. The number of halogens is 1. The molecular formula is C24H23ClN4O5. The minimum atomic E-state index is -0.390. The van der Waals surface area contributed by atoms with Crippen molar-refractivity contribution in [1.29, 1.82) is 0 Å². The molecule has 9 nitrogen and oxygen atoms in total. The molecule has 3 aromatic rings. The summed E-state index contributed by atoms with van der Waals surface area (Å²) in [6.07, 6.45) is 1.46. The second-order valence-electron chi connectivity index (χ2n) is 6.91. The van der Waals surface area contributed by atoms with Gasteiger partial charge in [0.25, 0.3) is 11.8 Å². The van der Waals surface area contributed by atoms with E-state index in [-0.39, 0.29) is 12.5 Å². The molecule has 0 bridgehead atoms. The van der Waals surface area contributed by atoms with Gasteiger partial charge in [0.15, 0.2) is 18.1 Å². The molecule has 0 aromatic heterocycles. The summed E-state index contributed by atoms with van der Waals surface area (Å²) in [6.45, 7) is -0.257. The molecule has 0 atom stereocenters. The van der Waals surface area contributed by atoms with Gasteiger partial charge in [-0.2, -0.15) is 5.10 Å². The Balaban J connectivity index is 1.58. The largest absolute Gasteiger partial charge is 0.495 e. The predicted octanol–water partition coefficient (Wildman–Crippen LogP) is 3.72. The van der Waals surface area contributed by atoms with Gasteiger partial charge >= 0.3 is 0 Å². The number of nitrogen functional groups attached to an aromatic ring is 1. The van der Waals surface area contributed by atoms with Crippen molar-refractivity contribution in [3.05, 3.63) is 76.8 Å². The highest BCUT2D eigenvalue weighted by atomic mass is 35.5. The molecule has 0 saturated heterocycles. The molecule has 3 rings (SSSR count). The minimum Gasteiger partial charge on any atom is -0.495 e. The van der Waals surface area contributed by atoms with E-state index >= 15 is 0 Å². The van der Waals surface area contributed by atoms with Crippen molar-refractivity contribution in [2.75, 3.05) is 31.9 Å². The molecule has 0 radical (unpaired) electrons. The topological polar surface area (TPSA) is 124 Å². The third kappa shape index (κ3) is 6.63. The lowest BCUT2D eigenvalue weighted by Crippen LogP contribution is -2.20. The fraction of sp³-hybridized carbons (Fsp3) is 0.125. The Morgan fingerprint density at radius 2 is 1.71 bits per heavy atom. The van der Waals surface area contributed by atoms with Crippen LogP contribution in [0.2, 0.25) is 5.02 Å². The zero-order valence-corrected chi connectivity index (χ0v) is 19.3. The van der Waals surface area contributed by atoms with Crippen LogP contribution in [-0.4, -0.2) is 38.9 Å². The molecule has 3 aromatic carbocycles. The smallest absolute Gasteiger partial charge is 0.271 e. The van der Waals surface area contributed by atoms with Crippen LogP contribution in [0.25, 0.3) is 0 Å². The molecular weight excluding hydrogens is 460 g/mol. The van der Waals surface area contributed by atoms with E-state index in [1.807, 2.05) is 0 Å². The Kier molecular flexibility index (Phi) is 8.31. The van der Waals surface area contributed by atoms with Crippen molar-refractivity contribution in [3.63, 3.8) is 0 Å². The zero-order valence-electron chi connectivity index (χ0n) is 18.5. The second kappa shape index (κ2) is 11.6. The van der Waals surface area contributed by atoms with Gasteiger partial charge in [-0.05, 0) is 60.2 Å². The number of hydrazone groups is 1. The molecule has 10 heteroatoms. The lowest BCUT2D eigenvalue weighted by atomic mass is 10.2. The number of amides is 2. The maximum absolute atomic E-state index is 12.3. The number of nitrogens with one attached hydrogen (secondary N) is 2. The van der Waals surface area contributed by atoms with Crippen LogP contribution >= 0.6 is 11.6 Å². The summed E-state index contributed by atoms with van der Waals surface area (Å²) in [5.74, 6) is 0.435. The maximum atomic E-state index is 12.3. The summed E-state index contributed by atoms with van der Waals surface area (Å²) in [7, 11) is 2.96. The fourth-order valence-corrected chi connectivity index (χ4v) is 3.01. The van der Waals surface area contributed by atoms with E-state index in [1.54, 1.807) is 60.7 Å². The first-order valence-electron chi connectivity index (χ1n) is 10.0. The number of nitrogens with zero attached hydrogens (tertiary/aromatic N) is 1. The monoisotopic (exact) mass is 482 g/mol. The molecule has 0 unspecified atom stereocenters. The van der Waals surface area contributed by atoms with Crippen molar-refractivity contribution >= 4 is 41.0 Å². The SMILES string of the molecule is COc1cc(Cl)ccc1NC(=O)COc1ccc(/C=N/NC(=O)c2ccc(N)cc2)cc1OC. The first kappa shape index (κ1) is 24.4. The van der Waals surface area contributed by atoms with Crippen molar-refractivity contribution in [1.82, 2.24) is 5.43 Å². The van der Waals surface area contributed by atoms with Crippen molar-refractivity contribution in [2.24, 2.45) is 5.10 Å². The molecule has 0 aliphatic heterocycles. The standard InChI is InChI=1S/C24H23ClN4O5/c1-32-21-12-17(25)6-9-19(21)28-23(30)14-34-20-10-3-15(11-22(20)33-2)13-27-29-24(31)16-4-7-18(26)8-5-16/h3-13H,14,26H2,1-2H3,(H,28,30)(H,29,31)/b27-13+. The van der Waals surface area contributed by atoms with Crippen molar-refractivity contribution < 1.29 is 23.8 Å². The normalized spacial score (nSPS) is 10.6. The second-order valence-corrected chi connectivity index (χ2v) is 7.35. The Morgan fingerprint density at radius 3 is 2.41 bits per heavy atom. The molecule has 0 fully saturated rings. The first-order chi connectivity index (χ1) is 16.4. The molecule has 0 aliphatic rings. The van der Waals surface area contributed by atoms with Crippen LogP contribution in [0.4, 0.5) is 11.4 Å². The summed E-state index contributed by atoms with van der Waals surface area (Å²) in [5, 5.41) is 7.15. The first-order valence-corrected chi connectivity index (χ1v) is 10.4. The lowest BCUT2D eigenvalue weighted by molar-refractivity contribution is -0.118. The van der Waals surface area contributed by atoms with E-state index in [0.29, 0.717) is 44.8 Å². The summed E-state index contributed by atoms with van der Waals surface area (Å²) in [5.41, 5.74) is 10.2. The number of benzene rings is 3. The van der Waals surface area contributed by atoms with E-state index in [9.17, 15) is 9.59 Å². The van der Waals surface area contributed by atoms with Crippen LogP contribution in [-0.2, 0) is 4.79 Å². The number of carbonyl (C=O) groups is 2. The van der Waals surface area contributed by atoms with Crippen LogP contribution in [0.15, 0.2) is 65.8 Å². The van der Waals surface area contributed by atoms with Gasteiger partial charge in [0.1, 0.15) is 5.75 Å². The van der Waals surface area contributed by atoms with Gasteiger partial charge < -0.3 is 25.3 Å². The van der Waals surface area contributed by atoms with Gasteiger partial charge in [-0.3, -0.25) is 9.59 Å². The number of ether oxygens (including phenoxy) is 3. The third-order valence-corrected chi connectivity index (χ3v) is 4.77. The highest BCUT2D eigenvalue weighted by Crippen LogP contribution is 2.29. The van der Waals surface area contributed by atoms with Crippen LogP contribution in [0.5, 0.6) is 17.2 Å². The van der Waals surface area contributed by atoms with E-state index in [2.05, 4.69) is 15.8 Å². The highest BCUT2D eigenvalue weighted by molar-refractivity contribution is 6.30. The van der Waals surface area contributed by atoms with E-state index < -0.39 is 5.91 Å². The van der Waals surface area contributed by atoms with E-state index in [1.165, 1.54) is 20.4 Å². The zero-order chi connectivity index (χ0) is 24.5. The molecule has 0 saturated carbocycles. The molecule has 4 N–H and O–H groups in total. The average Bonchev–Trinajstić information content (AvgIpc) is 2.84. The fourth-order valence-electron chi connectivity index (χ4n) is 2.85. The molecule has 0 spiro atoms. The van der Waals surface area contributed by atoms with Gasteiger partial charge in [-0.1, -0.05) is 11.6 Å². The Hall–Kier alpha value is -4.24. The van der Waals surface area contributed by atoms with Gasteiger partial charge in [-0.15, -0.1) is 0 Å². The van der Waals surface area contributed by atoms with Crippen LogP contribution in [0, 0.1) is 0 Å². The van der Waals surface area contributed by atoms with Crippen molar-refractivity contribution in [3.8, 4) is 17.2 Å². The average molecular weight is 483 g/mol. The van der Waals surface area contributed by atoms with Gasteiger partial charge in [0, 0.05) is 22.3 Å². The number of methoxy groups -OCH3 is 2. The van der Waals surface area contributed by atoms with Gasteiger partial charge in [-0.25, -0.2) is 5.43 Å². The van der Waals surface area contributed by atoms with Gasteiger partial charge in [0.2, 0.25) is 0 Å². The quantitative estimate of drug-likeness (QED) is 0.242. The summed E-state index contributed by atoms with van der Waals surface area (Å²) >= 11 is 5.93. The van der Waals surface area contributed by atoms with Crippen LogP contribution in [0.3, 0.4) is 0 Å². The third-order valence-electron chi connectivity index (χ3n) is 4.54. The summed E-state index contributed by atoms with van der Waals surface area (Å²) in [4.78, 5) is 24.4. The number of rotatable bonds is 9. The number of carbonyl (C=O) groups excluding carboxylic acids is 2. The molecule has 176 valence electrons. The molecule has 2 amide bonds. The minimum absolute atomic E-state index is 0.257. The Labute approximate surface area is 201 Å². The lowest BCUT2D eigenvalue weighted by Gasteiger charge is -2.13. The summed E-state index contributed by atoms with van der Waals surface area (Å²) in [6, 6.07) is 16.4. The van der Waals surface area contributed by atoms with E-state index in [0.717, 1.165) is 0 Å². The molecule has 0 heterocycles. The maximum Gasteiger partial charge on any atom is 0.271 e. The predicted molar refractivity (Wildman–Crippen MR) is 131 cm³/mol. The van der Waals surface area contributed by atoms with Gasteiger partial charge in [0.05, 0.1) is 26.1 Å². The number of hydrogen-bond donors (Lipinski definition) is 3.